The molecule has 2 aromatic heterocycles. The Labute approximate surface area is 179 Å². The number of carbonyl (C=O) groups excluding carboxylic acids is 1. The molecule has 0 fully saturated rings. The number of hydrogen-bond acceptors (Lipinski definition) is 7. The SMILES string of the molecule is CC(=O)Nc1nc2cnc(Nc3cc(N(C(=O)O)C(C)(C)C)c(F)cc3Cl)nc2s1. The summed E-state index contributed by atoms with van der Waals surface area (Å²) in [6.45, 7) is 6.32. The Kier molecular flexibility index (Phi) is 5.77. The number of nitrogens with one attached hydrogen (secondary N) is 2. The molecule has 0 radical (unpaired) electrons. The molecule has 2 heterocycles. The maximum Gasteiger partial charge on any atom is 0.412 e. The highest BCUT2D eigenvalue weighted by Crippen LogP contribution is 2.35. The van der Waals surface area contributed by atoms with Crippen molar-refractivity contribution in [2.75, 3.05) is 15.5 Å². The molecule has 1 aromatic carbocycles. The number of halogens is 2. The van der Waals surface area contributed by atoms with E-state index < -0.39 is 17.4 Å². The van der Waals surface area contributed by atoms with Crippen LogP contribution < -0.4 is 15.5 Å². The molecular formula is C18H18ClFN6O3S. The maximum absolute atomic E-state index is 14.5. The molecule has 0 aliphatic carbocycles. The predicted molar refractivity (Wildman–Crippen MR) is 114 cm³/mol. The number of hydrogen-bond donors (Lipinski definition) is 3. The molecule has 0 aliphatic heterocycles. The van der Waals surface area contributed by atoms with Gasteiger partial charge in [0, 0.05) is 12.5 Å². The van der Waals surface area contributed by atoms with Crippen LogP contribution in [0.3, 0.4) is 0 Å². The molecule has 0 saturated heterocycles. The summed E-state index contributed by atoms with van der Waals surface area (Å²) in [7, 11) is 0. The fraction of sp³-hybridized carbons (Fsp3) is 0.278. The molecular weight excluding hydrogens is 435 g/mol. The summed E-state index contributed by atoms with van der Waals surface area (Å²) in [5, 5.41) is 15.4. The Bertz CT molecular complexity index is 1150. The van der Waals surface area contributed by atoms with E-state index >= 15 is 0 Å². The quantitative estimate of drug-likeness (QED) is 0.516. The fourth-order valence-electron chi connectivity index (χ4n) is 2.68. The second kappa shape index (κ2) is 8.00. The molecule has 12 heteroatoms. The molecule has 0 aliphatic rings. The van der Waals surface area contributed by atoms with Crippen LogP contribution >= 0.6 is 22.9 Å². The van der Waals surface area contributed by atoms with Crippen LogP contribution in [0.15, 0.2) is 18.3 Å². The van der Waals surface area contributed by atoms with E-state index in [0.29, 0.717) is 15.5 Å². The van der Waals surface area contributed by atoms with Crippen LogP contribution in [0.2, 0.25) is 5.02 Å². The summed E-state index contributed by atoms with van der Waals surface area (Å²) >= 11 is 7.31. The number of aromatic nitrogens is 3. The smallest absolute Gasteiger partial charge is 0.412 e. The molecule has 158 valence electrons. The summed E-state index contributed by atoms with van der Waals surface area (Å²) < 4.78 is 14.5. The van der Waals surface area contributed by atoms with Gasteiger partial charge in [-0.1, -0.05) is 22.9 Å². The molecule has 3 rings (SSSR count). The van der Waals surface area contributed by atoms with Crippen LogP contribution in [0.25, 0.3) is 10.3 Å². The summed E-state index contributed by atoms with van der Waals surface area (Å²) in [5.41, 5.74) is -0.330. The summed E-state index contributed by atoms with van der Waals surface area (Å²) in [6.07, 6.45) is 0.159. The van der Waals surface area contributed by atoms with Crippen molar-refractivity contribution < 1.29 is 19.1 Å². The van der Waals surface area contributed by atoms with Crippen molar-refractivity contribution in [2.24, 2.45) is 0 Å². The van der Waals surface area contributed by atoms with Crippen molar-refractivity contribution in [3.8, 4) is 0 Å². The third kappa shape index (κ3) is 4.57. The molecule has 3 N–H and O–H groups in total. The third-order valence-corrected chi connectivity index (χ3v) is 5.01. The predicted octanol–water partition coefficient (Wildman–Crippen LogP) is 4.86. The van der Waals surface area contributed by atoms with Gasteiger partial charge < -0.3 is 15.7 Å². The fourth-order valence-corrected chi connectivity index (χ4v) is 3.73. The van der Waals surface area contributed by atoms with Gasteiger partial charge >= 0.3 is 6.09 Å². The van der Waals surface area contributed by atoms with Gasteiger partial charge in [0.1, 0.15) is 11.3 Å². The van der Waals surface area contributed by atoms with Crippen LogP contribution in [0.4, 0.5) is 31.6 Å². The summed E-state index contributed by atoms with van der Waals surface area (Å²) in [6, 6.07) is 2.32. The van der Waals surface area contributed by atoms with Gasteiger partial charge in [0.2, 0.25) is 11.9 Å². The first-order chi connectivity index (χ1) is 14.0. The molecule has 0 atom stereocenters. The minimum Gasteiger partial charge on any atom is -0.465 e. The maximum atomic E-state index is 14.5. The van der Waals surface area contributed by atoms with Crippen molar-refractivity contribution in [1.82, 2.24) is 15.0 Å². The van der Waals surface area contributed by atoms with E-state index in [1.165, 1.54) is 19.2 Å². The van der Waals surface area contributed by atoms with Crippen molar-refractivity contribution in [3.05, 3.63) is 29.2 Å². The highest BCUT2D eigenvalue weighted by Gasteiger charge is 2.31. The first kappa shape index (κ1) is 21.7. The average molecular weight is 453 g/mol. The van der Waals surface area contributed by atoms with Crippen LogP contribution in [0.1, 0.15) is 27.7 Å². The van der Waals surface area contributed by atoms with Gasteiger partial charge in [-0.25, -0.2) is 19.2 Å². The zero-order valence-electron chi connectivity index (χ0n) is 16.4. The molecule has 0 unspecified atom stereocenters. The van der Waals surface area contributed by atoms with Gasteiger partial charge in [-0.05, 0) is 32.9 Å². The Balaban J connectivity index is 1.98. The number of amides is 2. The molecule has 0 bridgehead atoms. The zero-order valence-corrected chi connectivity index (χ0v) is 18.0. The van der Waals surface area contributed by atoms with Crippen LogP contribution in [0.5, 0.6) is 0 Å². The number of thiazole rings is 1. The van der Waals surface area contributed by atoms with Crippen LogP contribution in [-0.2, 0) is 4.79 Å². The molecule has 9 nitrogen and oxygen atoms in total. The van der Waals surface area contributed by atoms with E-state index in [1.807, 2.05) is 0 Å². The van der Waals surface area contributed by atoms with Crippen LogP contribution in [-0.4, -0.2) is 37.6 Å². The van der Waals surface area contributed by atoms with Gasteiger partial charge in [0.25, 0.3) is 0 Å². The molecule has 0 saturated carbocycles. The van der Waals surface area contributed by atoms with Gasteiger partial charge in [-0.15, -0.1) is 0 Å². The number of rotatable bonds is 4. The average Bonchev–Trinajstić information content (AvgIpc) is 2.98. The largest absolute Gasteiger partial charge is 0.465 e. The van der Waals surface area contributed by atoms with E-state index in [1.54, 1.807) is 20.8 Å². The van der Waals surface area contributed by atoms with Gasteiger partial charge in [-0.2, -0.15) is 4.98 Å². The third-order valence-electron chi connectivity index (χ3n) is 3.82. The van der Waals surface area contributed by atoms with Gasteiger partial charge in [-0.3, -0.25) is 9.69 Å². The normalized spacial score (nSPS) is 11.4. The van der Waals surface area contributed by atoms with E-state index in [2.05, 4.69) is 25.6 Å². The number of fused-ring (bicyclic) bond motifs is 1. The van der Waals surface area contributed by atoms with E-state index in [4.69, 9.17) is 11.6 Å². The topological polar surface area (TPSA) is 120 Å². The molecule has 0 spiro atoms. The minimum atomic E-state index is -1.30. The van der Waals surface area contributed by atoms with E-state index in [9.17, 15) is 19.1 Å². The molecule has 2 amide bonds. The second-order valence-corrected chi connectivity index (χ2v) is 8.67. The Morgan fingerprint density at radius 3 is 2.57 bits per heavy atom. The van der Waals surface area contributed by atoms with Crippen LogP contribution in [0, 0.1) is 5.82 Å². The number of carbonyl (C=O) groups is 2. The Hall–Kier alpha value is -3.05. The highest BCUT2D eigenvalue weighted by atomic mass is 35.5. The van der Waals surface area contributed by atoms with Crippen molar-refractivity contribution in [2.45, 2.75) is 33.2 Å². The lowest BCUT2D eigenvalue weighted by molar-refractivity contribution is -0.114. The lowest BCUT2D eigenvalue weighted by atomic mass is 10.1. The lowest BCUT2D eigenvalue weighted by Gasteiger charge is -2.33. The first-order valence-electron chi connectivity index (χ1n) is 8.66. The van der Waals surface area contributed by atoms with E-state index in [-0.39, 0.29) is 28.3 Å². The zero-order chi connectivity index (χ0) is 22.2. The van der Waals surface area contributed by atoms with E-state index in [0.717, 1.165) is 22.3 Å². The van der Waals surface area contributed by atoms with Gasteiger partial charge in [0.05, 0.1) is 22.6 Å². The Morgan fingerprint density at radius 2 is 1.97 bits per heavy atom. The summed E-state index contributed by atoms with van der Waals surface area (Å²) in [5.74, 6) is -0.882. The Morgan fingerprint density at radius 1 is 1.27 bits per heavy atom. The summed E-state index contributed by atoms with van der Waals surface area (Å²) in [4.78, 5) is 37.0. The van der Waals surface area contributed by atoms with Crippen molar-refractivity contribution in [1.29, 1.82) is 0 Å². The molecule has 30 heavy (non-hydrogen) atoms. The monoisotopic (exact) mass is 452 g/mol. The standard InChI is InChI=1S/C18H18ClFN6O3S/c1-8(27)22-16-24-12-7-21-15(25-14(12)30-16)23-11-6-13(10(20)5-9(11)19)26(17(28)29)18(2,3)4/h5-7H,1-4H3,(H,28,29)(H,21,23,25)(H,22,24,27). The number of anilines is 4. The minimum absolute atomic E-state index is 0.0300. The number of benzene rings is 1. The first-order valence-corrected chi connectivity index (χ1v) is 9.85. The van der Waals surface area contributed by atoms with Crippen molar-refractivity contribution in [3.63, 3.8) is 0 Å². The lowest BCUT2D eigenvalue weighted by Crippen LogP contribution is -2.45. The van der Waals surface area contributed by atoms with Crippen molar-refractivity contribution >= 4 is 67.7 Å². The number of nitrogens with zero attached hydrogens (tertiary/aromatic N) is 4. The second-order valence-electron chi connectivity index (χ2n) is 7.28. The molecule has 3 aromatic rings. The number of carboxylic acid groups (broad SMARTS) is 1. The highest BCUT2D eigenvalue weighted by molar-refractivity contribution is 7.21. The van der Waals surface area contributed by atoms with Gasteiger partial charge in [0.15, 0.2) is 9.96 Å².